The average Bonchev–Trinajstić information content (AvgIpc) is 3.48. The molecule has 0 saturated carbocycles. The molecule has 490 valence electrons. The van der Waals surface area contributed by atoms with Crippen LogP contribution in [0.25, 0.3) is 0 Å². The monoisotopic (exact) mass is 1160 g/mol. The van der Waals surface area contributed by atoms with Gasteiger partial charge >= 0.3 is 5.97 Å². The molecule has 1 amide bonds. The molecule has 0 bridgehead atoms. The van der Waals surface area contributed by atoms with E-state index in [1.165, 1.54) is 379 Å². The topological polar surface area (TPSA) is 95.9 Å². The van der Waals surface area contributed by atoms with Gasteiger partial charge in [-0.05, 0) is 25.7 Å². The van der Waals surface area contributed by atoms with E-state index in [1.54, 1.807) is 0 Å². The van der Waals surface area contributed by atoms with Crippen molar-refractivity contribution >= 4 is 11.9 Å². The van der Waals surface area contributed by atoms with Gasteiger partial charge in [-0.3, -0.25) is 9.59 Å². The summed E-state index contributed by atoms with van der Waals surface area (Å²) in [5.41, 5.74) is 0. The van der Waals surface area contributed by atoms with Gasteiger partial charge in [0, 0.05) is 12.8 Å². The second-order valence-electron chi connectivity index (χ2n) is 26.7. The fraction of sp³-hybridized carbons (Fsp3) is 0.974. The molecule has 0 aliphatic heterocycles. The first-order valence-electron chi connectivity index (χ1n) is 38.3. The minimum atomic E-state index is -0.658. The third kappa shape index (κ3) is 68.0. The van der Waals surface area contributed by atoms with Crippen molar-refractivity contribution in [1.82, 2.24) is 5.32 Å². The van der Waals surface area contributed by atoms with Gasteiger partial charge in [0.05, 0.1) is 25.4 Å². The Balaban J connectivity index is 3.26. The highest BCUT2D eigenvalue weighted by molar-refractivity contribution is 5.76. The molecule has 0 aliphatic rings. The fourth-order valence-electron chi connectivity index (χ4n) is 12.6. The molecular formula is C76H151NO5. The van der Waals surface area contributed by atoms with E-state index in [-0.39, 0.29) is 18.5 Å². The summed E-state index contributed by atoms with van der Waals surface area (Å²) in [6, 6.07) is -0.535. The van der Waals surface area contributed by atoms with Crippen molar-refractivity contribution in [3.05, 3.63) is 0 Å². The minimum Gasteiger partial charge on any atom is -0.466 e. The van der Waals surface area contributed by atoms with Crippen LogP contribution in [0, 0.1) is 0 Å². The van der Waals surface area contributed by atoms with Gasteiger partial charge in [0.15, 0.2) is 0 Å². The number of carbonyl (C=O) groups excluding carboxylic acids is 2. The Hall–Kier alpha value is -1.14. The summed E-state index contributed by atoms with van der Waals surface area (Å²) in [6.45, 7) is 5.00. The Bertz CT molecular complexity index is 1200. The van der Waals surface area contributed by atoms with Gasteiger partial charge in [-0.2, -0.15) is 0 Å². The molecule has 0 radical (unpaired) electrons. The number of unbranched alkanes of at least 4 members (excludes halogenated alkanes) is 62. The number of esters is 1. The van der Waals surface area contributed by atoms with E-state index in [9.17, 15) is 19.8 Å². The lowest BCUT2D eigenvalue weighted by Gasteiger charge is -2.22. The molecule has 6 nitrogen and oxygen atoms in total. The first kappa shape index (κ1) is 80.9. The number of hydrogen-bond acceptors (Lipinski definition) is 5. The lowest BCUT2D eigenvalue weighted by atomic mass is 10.0. The highest BCUT2D eigenvalue weighted by atomic mass is 16.5. The summed E-state index contributed by atoms with van der Waals surface area (Å²) in [7, 11) is 0. The molecule has 2 atom stereocenters. The van der Waals surface area contributed by atoms with E-state index in [1.807, 2.05) is 0 Å². The van der Waals surface area contributed by atoms with Crippen LogP contribution in [0.15, 0.2) is 0 Å². The van der Waals surface area contributed by atoms with Crippen LogP contribution in [0.3, 0.4) is 0 Å². The summed E-state index contributed by atoms with van der Waals surface area (Å²) >= 11 is 0. The lowest BCUT2D eigenvalue weighted by molar-refractivity contribution is -0.143. The van der Waals surface area contributed by atoms with Gasteiger partial charge in [0.2, 0.25) is 5.91 Å². The van der Waals surface area contributed by atoms with E-state index < -0.39 is 12.1 Å². The smallest absolute Gasteiger partial charge is 0.305 e. The standard InChI is InChI=1S/C76H151NO5/c1-3-5-7-9-11-13-15-44-48-52-56-60-64-68-74(79)73(72-78)77-75(80)69-65-61-57-53-49-46-42-40-38-36-34-32-30-28-26-24-22-20-18-17-19-21-23-25-27-29-31-33-35-37-39-41-43-47-51-55-59-63-67-71-82-76(81)70-66-62-58-54-50-45-16-14-12-10-8-6-4-2/h73-74,78-79H,3-72H2,1-2H3,(H,77,80). The summed E-state index contributed by atoms with van der Waals surface area (Å²) in [6.07, 6.45) is 89.2. The molecule has 2 unspecified atom stereocenters. The number of rotatable bonds is 73. The summed E-state index contributed by atoms with van der Waals surface area (Å²) in [5.74, 6) is 0.00104. The Morgan fingerprint density at radius 3 is 0.744 bits per heavy atom. The van der Waals surface area contributed by atoms with E-state index in [0.29, 0.717) is 25.9 Å². The Morgan fingerprint density at radius 1 is 0.293 bits per heavy atom. The molecule has 0 heterocycles. The number of nitrogens with one attached hydrogen (secondary N) is 1. The first-order chi connectivity index (χ1) is 40.5. The van der Waals surface area contributed by atoms with Gasteiger partial charge in [-0.15, -0.1) is 0 Å². The third-order valence-electron chi connectivity index (χ3n) is 18.4. The Morgan fingerprint density at radius 2 is 0.500 bits per heavy atom. The molecule has 0 aromatic carbocycles. The summed E-state index contributed by atoms with van der Waals surface area (Å²) < 4.78 is 5.50. The predicted molar refractivity (Wildman–Crippen MR) is 361 cm³/mol. The van der Waals surface area contributed by atoms with Gasteiger partial charge in [0.25, 0.3) is 0 Å². The van der Waals surface area contributed by atoms with Gasteiger partial charge in [-0.1, -0.05) is 412 Å². The summed E-state index contributed by atoms with van der Waals surface area (Å²) in [5, 5.41) is 23.3. The SMILES string of the molecule is CCCCCCCCCCCCCCCC(=O)OCCCCCCCCCCCCCCCCCCCCCCCCCCCCCCCCCCCCCCCCCC(=O)NC(CO)C(O)CCCCCCCCCCCCCCC. The molecule has 3 N–H and O–H groups in total. The molecule has 6 heteroatoms. The van der Waals surface area contributed by atoms with Crippen LogP contribution >= 0.6 is 0 Å². The maximum absolute atomic E-state index is 12.5. The van der Waals surface area contributed by atoms with Gasteiger partial charge in [-0.25, -0.2) is 0 Å². The maximum Gasteiger partial charge on any atom is 0.305 e. The minimum absolute atomic E-state index is 0.0257. The lowest BCUT2D eigenvalue weighted by Crippen LogP contribution is -2.45. The molecule has 0 aliphatic carbocycles. The number of carbonyl (C=O) groups is 2. The van der Waals surface area contributed by atoms with Crippen molar-refractivity contribution in [2.75, 3.05) is 13.2 Å². The number of aliphatic hydroxyl groups excluding tert-OH is 2. The van der Waals surface area contributed by atoms with Gasteiger partial charge < -0.3 is 20.3 Å². The number of amides is 1. The van der Waals surface area contributed by atoms with E-state index in [4.69, 9.17) is 4.74 Å². The zero-order chi connectivity index (χ0) is 59.2. The molecule has 0 aromatic rings. The maximum atomic E-state index is 12.5. The van der Waals surface area contributed by atoms with Crippen molar-refractivity contribution in [1.29, 1.82) is 0 Å². The van der Waals surface area contributed by atoms with Crippen LogP contribution in [0.5, 0.6) is 0 Å². The average molecular weight is 1160 g/mol. The molecule has 0 aromatic heterocycles. The zero-order valence-corrected chi connectivity index (χ0v) is 56.3. The highest BCUT2D eigenvalue weighted by Gasteiger charge is 2.20. The molecule has 82 heavy (non-hydrogen) atoms. The largest absolute Gasteiger partial charge is 0.466 e. The van der Waals surface area contributed by atoms with Crippen molar-refractivity contribution in [3.8, 4) is 0 Å². The van der Waals surface area contributed by atoms with Crippen molar-refractivity contribution in [2.45, 2.75) is 463 Å². The number of ether oxygens (including phenoxy) is 1. The van der Waals surface area contributed by atoms with Crippen LogP contribution in [0.4, 0.5) is 0 Å². The number of hydrogen-bond donors (Lipinski definition) is 3. The second kappa shape index (κ2) is 72.3. The van der Waals surface area contributed by atoms with Crippen molar-refractivity contribution < 1.29 is 24.5 Å². The van der Waals surface area contributed by atoms with Crippen LogP contribution < -0.4 is 5.32 Å². The van der Waals surface area contributed by atoms with Crippen LogP contribution in [0.2, 0.25) is 0 Å². The Kier molecular flexibility index (Phi) is 71.3. The van der Waals surface area contributed by atoms with Crippen molar-refractivity contribution in [2.24, 2.45) is 0 Å². The molecule has 0 rings (SSSR count). The Labute approximate surface area is 515 Å². The van der Waals surface area contributed by atoms with Crippen molar-refractivity contribution in [3.63, 3.8) is 0 Å². The van der Waals surface area contributed by atoms with E-state index in [0.717, 1.165) is 38.5 Å². The van der Waals surface area contributed by atoms with Crippen LogP contribution in [0.1, 0.15) is 450 Å². The molecule has 0 fully saturated rings. The van der Waals surface area contributed by atoms with E-state index >= 15 is 0 Å². The summed E-state index contributed by atoms with van der Waals surface area (Å²) in [4.78, 5) is 24.6. The zero-order valence-electron chi connectivity index (χ0n) is 56.3. The second-order valence-corrected chi connectivity index (χ2v) is 26.7. The first-order valence-corrected chi connectivity index (χ1v) is 38.3. The van der Waals surface area contributed by atoms with Gasteiger partial charge in [0.1, 0.15) is 0 Å². The molecule has 0 spiro atoms. The predicted octanol–water partition coefficient (Wildman–Crippen LogP) is 24.9. The van der Waals surface area contributed by atoms with Crippen LogP contribution in [-0.4, -0.2) is 47.4 Å². The fourth-order valence-corrected chi connectivity index (χ4v) is 12.6. The highest BCUT2D eigenvalue weighted by Crippen LogP contribution is 2.20. The normalized spacial score (nSPS) is 12.4. The number of aliphatic hydroxyl groups is 2. The molecular weight excluding hydrogens is 1010 g/mol. The van der Waals surface area contributed by atoms with E-state index in [2.05, 4.69) is 19.2 Å². The quantitative estimate of drug-likeness (QED) is 0.0417. The molecule has 0 saturated heterocycles. The third-order valence-corrected chi connectivity index (χ3v) is 18.4. The van der Waals surface area contributed by atoms with Crippen LogP contribution in [-0.2, 0) is 14.3 Å².